The summed E-state index contributed by atoms with van der Waals surface area (Å²) in [5.41, 5.74) is 1.21. The number of hydrogen-bond acceptors (Lipinski definition) is 4. The van der Waals surface area contributed by atoms with Crippen LogP contribution in [0.25, 0.3) is 0 Å². The van der Waals surface area contributed by atoms with Crippen LogP contribution in [0, 0.1) is 12.8 Å². The number of hydrogen-bond donors (Lipinski definition) is 2. The van der Waals surface area contributed by atoms with E-state index in [1.54, 1.807) is 12.1 Å². The first kappa shape index (κ1) is 19.3. The SMILES string of the molecule is Cc1ccc(S(=O)(=O)NC2CC2)cc1C(=O)NCC(C)CN1CCCC1. The normalized spacial score (nSPS) is 19.5. The number of nitrogens with one attached hydrogen (secondary N) is 2. The third-order valence-corrected chi connectivity index (χ3v) is 6.56. The summed E-state index contributed by atoms with van der Waals surface area (Å²) in [6.45, 7) is 7.82. The first-order chi connectivity index (χ1) is 12.3. The number of benzene rings is 1. The molecule has 2 fully saturated rings. The third kappa shape index (κ3) is 5.05. The molecule has 0 aromatic heterocycles. The van der Waals surface area contributed by atoms with Crippen molar-refractivity contribution in [2.24, 2.45) is 5.92 Å². The quantitative estimate of drug-likeness (QED) is 0.723. The van der Waals surface area contributed by atoms with Gasteiger partial charge in [0.05, 0.1) is 4.90 Å². The molecule has 1 unspecified atom stereocenters. The van der Waals surface area contributed by atoms with Crippen molar-refractivity contribution in [3.8, 4) is 0 Å². The zero-order chi connectivity index (χ0) is 18.7. The Morgan fingerprint density at radius 2 is 1.96 bits per heavy atom. The topological polar surface area (TPSA) is 78.5 Å². The number of rotatable bonds is 8. The molecule has 1 amide bonds. The summed E-state index contributed by atoms with van der Waals surface area (Å²) in [5, 5.41) is 2.96. The van der Waals surface area contributed by atoms with Gasteiger partial charge in [-0.3, -0.25) is 4.79 Å². The molecular formula is C19H29N3O3S. The van der Waals surface area contributed by atoms with Gasteiger partial charge in [0, 0.05) is 24.7 Å². The van der Waals surface area contributed by atoms with Gasteiger partial charge in [-0.1, -0.05) is 13.0 Å². The Labute approximate surface area is 156 Å². The smallest absolute Gasteiger partial charge is 0.251 e. The van der Waals surface area contributed by atoms with E-state index in [4.69, 9.17) is 0 Å². The lowest BCUT2D eigenvalue weighted by atomic mass is 10.1. The van der Waals surface area contributed by atoms with Crippen molar-refractivity contribution in [2.75, 3.05) is 26.2 Å². The van der Waals surface area contributed by atoms with Crippen LogP contribution in [-0.2, 0) is 10.0 Å². The van der Waals surface area contributed by atoms with Crippen LogP contribution in [0.1, 0.15) is 48.5 Å². The molecule has 7 heteroatoms. The van der Waals surface area contributed by atoms with Gasteiger partial charge in [0.1, 0.15) is 0 Å². The molecule has 26 heavy (non-hydrogen) atoms. The Kier molecular flexibility index (Phi) is 5.99. The van der Waals surface area contributed by atoms with Crippen molar-refractivity contribution in [3.63, 3.8) is 0 Å². The van der Waals surface area contributed by atoms with Crippen molar-refractivity contribution in [1.29, 1.82) is 0 Å². The van der Waals surface area contributed by atoms with Crippen LogP contribution in [-0.4, -0.2) is 51.4 Å². The predicted molar refractivity (Wildman–Crippen MR) is 102 cm³/mol. The summed E-state index contributed by atoms with van der Waals surface area (Å²) in [6.07, 6.45) is 4.28. The maximum Gasteiger partial charge on any atom is 0.251 e. The van der Waals surface area contributed by atoms with E-state index in [1.807, 2.05) is 6.92 Å². The minimum Gasteiger partial charge on any atom is -0.352 e. The van der Waals surface area contributed by atoms with Crippen LogP contribution in [0.15, 0.2) is 23.1 Å². The highest BCUT2D eigenvalue weighted by molar-refractivity contribution is 7.89. The number of likely N-dealkylation sites (tertiary alicyclic amines) is 1. The molecule has 2 N–H and O–H groups in total. The molecule has 6 nitrogen and oxygen atoms in total. The van der Waals surface area contributed by atoms with E-state index in [0.717, 1.165) is 38.0 Å². The van der Waals surface area contributed by atoms with Crippen LogP contribution >= 0.6 is 0 Å². The number of carbonyl (C=O) groups is 1. The highest BCUT2D eigenvalue weighted by Gasteiger charge is 2.28. The lowest BCUT2D eigenvalue weighted by molar-refractivity contribution is 0.0944. The summed E-state index contributed by atoms with van der Waals surface area (Å²) >= 11 is 0. The van der Waals surface area contributed by atoms with Gasteiger partial charge < -0.3 is 10.2 Å². The summed E-state index contributed by atoms with van der Waals surface area (Å²) in [4.78, 5) is 15.2. The Bertz CT molecular complexity index is 753. The number of carbonyl (C=O) groups excluding carboxylic acids is 1. The molecule has 1 aromatic carbocycles. The van der Waals surface area contributed by atoms with Crippen LogP contribution in [0.4, 0.5) is 0 Å². The number of aryl methyl sites for hydroxylation is 1. The molecule has 1 heterocycles. The van der Waals surface area contributed by atoms with Crippen molar-refractivity contribution < 1.29 is 13.2 Å². The lowest BCUT2D eigenvalue weighted by Crippen LogP contribution is -2.34. The van der Waals surface area contributed by atoms with E-state index in [-0.39, 0.29) is 16.8 Å². The average Bonchev–Trinajstić information content (AvgIpc) is 3.24. The zero-order valence-corrected chi connectivity index (χ0v) is 16.4. The standard InChI is InChI=1S/C19H29N3O3S/c1-14(13-22-9-3-4-10-22)12-20-19(23)18-11-17(8-5-15(18)2)26(24,25)21-16-6-7-16/h5,8,11,14,16,21H,3-4,6-7,9-10,12-13H2,1-2H3,(H,20,23). The molecule has 1 atom stereocenters. The van der Waals surface area contributed by atoms with Crippen LogP contribution < -0.4 is 10.0 Å². The Morgan fingerprint density at radius 1 is 1.27 bits per heavy atom. The fourth-order valence-corrected chi connectivity index (χ4v) is 4.67. The van der Waals surface area contributed by atoms with Crippen LogP contribution in [0.2, 0.25) is 0 Å². The van der Waals surface area contributed by atoms with Gasteiger partial charge in [-0.25, -0.2) is 13.1 Å². The molecule has 1 aliphatic heterocycles. The van der Waals surface area contributed by atoms with Crippen LogP contribution in [0.5, 0.6) is 0 Å². The van der Waals surface area contributed by atoms with E-state index >= 15 is 0 Å². The number of sulfonamides is 1. The Hall–Kier alpha value is -1.44. The summed E-state index contributed by atoms with van der Waals surface area (Å²) in [6, 6.07) is 4.79. The fraction of sp³-hybridized carbons (Fsp3) is 0.632. The van der Waals surface area contributed by atoms with Gasteiger partial charge >= 0.3 is 0 Å². The largest absolute Gasteiger partial charge is 0.352 e. The van der Waals surface area contributed by atoms with Crippen molar-refractivity contribution in [2.45, 2.75) is 50.5 Å². The monoisotopic (exact) mass is 379 g/mol. The molecule has 1 aliphatic carbocycles. The molecule has 144 valence electrons. The number of nitrogens with zero attached hydrogens (tertiary/aromatic N) is 1. The maximum absolute atomic E-state index is 12.6. The van der Waals surface area contributed by atoms with E-state index < -0.39 is 10.0 Å². The Balaban J connectivity index is 1.61. The second kappa shape index (κ2) is 8.06. The predicted octanol–water partition coefficient (Wildman–Crippen LogP) is 1.90. The molecule has 1 saturated heterocycles. The summed E-state index contributed by atoms with van der Waals surface area (Å²) < 4.78 is 27.4. The average molecular weight is 380 g/mol. The second-order valence-electron chi connectivity index (χ2n) is 7.70. The summed E-state index contributed by atoms with van der Waals surface area (Å²) in [5.74, 6) is 0.153. The molecule has 1 aromatic rings. The van der Waals surface area contributed by atoms with Gasteiger partial charge in [0.2, 0.25) is 10.0 Å². The first-order valence-electron chi connectivity index (χ1n) is 9.48. The van der Waals surface area contributed by atoms with Crippen LogP contribution in [0.3, 0.4) is 0 Å². The summed E-state index contributed by atoms with van der Waals surface area (Å²) in [7, 11) is -3.55. The third-order valence-electron chi connectivity index (χ3n) is 5.04. The van der Waals surface area contributed by atoms with Crippen molar-refractivity contribution in [3.05, 3.63) is 29.3 Å². The first-order valence-corrected chi connectivity index (χ1v) is 11.0. The van der Waals surface area contributed by atoms with E-state index in [9.17, 15) is 13.2 Å². The van der Waals surface area contributed by atoms with Crippen molar-refractivity contribution in [1.82, 2.24) is 14.9 Å². The van der Waals surface area contributed by atoms with Gasteiger partial charge in [0.15, 0.2) is 0 Å². The minimum atomic E-state index is -3.55. The molecular weight excluding hydrogens is 350 g/mol. The minimum absolute atomic E-state index is 0.0463. The fourth-order valence-electron chi connectivity index (χ4n) is 3.33. The highest BCUT2D eigenvalue weighted by atomic mass is 32.2. The molecule has 3 rings (SSSR count). The Morgan fingerprint density at radius 3 is 2.62 bits per heavy atom. The zero-order valence-electron chi connectivity index (χ0n) is 15.6. The van der Waals surface area contributed by atoms with Gasteiger partial charge in [-0.05, 0) is 69.3 Å². The highest BCUT2D eigenvalue weighted by Crippen LogP contribution is 2.23. The lowest BCUT2D eigenvalue weighted by Gasteiger charge is -2.20. The molecule has 1 saturated carbocycles. The molecule has 0 bridgehead atoms. The second-order valence-corrected chi connectivity index (χ2v) is 9.41. The van der Waals surface area contributed by atoms with Gasteiger partial charge in [-0.2, -0.15) is 0 Å². The molecule has 2 aliphatic rings. The maximum atomic E-state index is 12.6. The van der Waals surface area contributed by atoms with Gasteiger partial charge in [-0.15, -0.1) is 0 Å². The van der Waals surface area contributed by atoms with E-state index in [0.29, 0.717) is 18.0 Å². The number of amides is 1. The van der Waals surface area contributed by atoms with E-state index in [2.05, 4.69) is 21.9 Å². The van der Waals surface area contributed by atoms with E-state index in [1.165, 1.54) is 18.9 Å². The molecule has 0 radical (unpaired) electrons. The van der Waals surface area contributed by atoms with Gasteiger partial charge in [0.25, 0.3) is 5.91 Å². The molecule has 0 spiro atoms. The van der Waals surface area contributed by atoms with Crippen molar-refractivity contribution >= 4 is 15.9 Å².